The third-order valence-corrected chi connectivity index (χ3v) is 3.24. The van der Waals surface area contributed by atoms with Gasteiger partial charge in [0.2, 0.25) is 0 Å². The fourth-order valence-electron chi connectivity index (χ4n) is 1.80. The van der Waals surface area contributed by atoms with Crippen LogP contribution in [-0.2, 0) is 11.2 Å². The highest BCUT2D eigenvalue weighted by atomic mass is 35.5. The van der Waals surface area contributed by atoms with E-state index >= 15 is 0 Å². The lowest BCUT2D eigenvalue weighted by Gasteiger charge is -2.10. The third kappa shape index (κ3) is 4.36. The molecule has 0 atom stereocenters. The monoisotopic (exact) mass is 238 g/mol. The van der Waals surface area contributed by atoms with E-state index in [2.05, 4.69) is 13.8 Å². The molecule has 0 spiro atoms. The standard InChI is InChI=1S/C14H19ClO/c1-3-11(4-2)9-14(16)10-12-5-7-13(15)8-6-12/h5-8,11H,3-4,9-10H2,1-2H3. The zero-order valence-electron chi connectivity index (χ0n) is 10.0. The summed E-state index contributed by atoms with van der Waals surface area (Å²) in [5, 5.41) is 0.719. The van der Waals surface area contributed by atoms with E-state index in [4.69, 9.17) is 11.6 Å². The van der Waals surface area contributed by atoms with Gasteiger partial charge < -0.3 is 0 Å². The van der Waals surface area contributed by atoms with E-state index in [1.165, 1.54) is 0 Å². The summed E-state index contributed by atoms with van der Waals surface area (Å²) in [6.45, 7) is 4.29. The van der Waals surface area contributed by atoms with Crippen molar-refractivity contribution in [3.05, 3.63) is 34.9 Å². The first-order valence-electron chi connectivity index (χ1n) is 5.91. The average Bonchev–Trinajstić information content (AvgIpc) is 2.29. The molecule has 0 amide bonds. The lowest BCUT2D eigenvalue weighted by molar-refractivity contribution is -0.119. The Hall–Kier alpha value is -0.820. The first kappa shape index (κ1) is 13.2. The Bertz CT molecular complexity index is 325. The van der Waals surface area contributed by atoms with Gasteiger partial charge >= 0.3 is 0 Å². The van der Waals surface area contributed by atoms with Crippen molar-refractivity contribution in [3.8, 4) is 0 Å². The third-order valence-electron chi connectivity index (χ3n) is 2.99. The van der Waals surface area contributed by atoms with Crippen molar-refractivity contribution < 1.29 is 4.79 Å². The molecule has 1 nitrogen and oxygen atoms in total. The van der Waals surface area contributed by atoms with Gasteiger partial charge in [-0.3, -0.25) is 4.79 Å². The van der Waals surface area contributed by atoms with Crippen LogP contribution in [0.4, 0.5) is 0 Å². The van der Waals surface area contributed by atoms with Crippen LogP contribution in [-0.4, -0.2) is 5.78 Å². The predicted molar refractivity (Wildman–Crippen MR) is 68.9 cm³/mol. The normalized spacial score (nSPS) is 10.8. The van der Waals surface area contributed by atoms with Crippen molar-refractivity contribution in [2.45, 2.75) is 39.5 Å². The highest BCUT2D eigenvalue weighted by Crippen LogP contribution is 2.15. The minimum Gasteiger partial charge on any atom is -0.299 e. The van der Waals surface area contributed by atoms with Crippen LogP contribution >= 0.6 is 11.6 Å². The summed E-state index contributed by atoms with van der Waals surface area (Å²) in [6.07, 6.45) is 3.41. The molecule has 0 saturated carbocycles. The fourth-order valence-corrected chi connectivity index (χ4v) is 1.93. The summed E-state index contributed by atoms with van der Waals surface area (Å²) in [7, 11) is 0. The Kier molecular flexibility index (Phi) is 5.54. The molecule has 0 fully saturated rings. The molecule has 88 valence electrons. The molecule has 0 aliphatic carbocycles. The quantitative estimate of drug-likeness (QED) is 0.723. The van der Waals surface area contributed by atoms with E-state index in [-0.39, 0.29) is 0 Å². The van der Waals surface area contributed by atoms with Crippen molar-refractivity contribution in [2.75, 3.05) is 0 Å². The number of ketones is 1. The Labute approximate surface area is 103 Å². The van der Waals surface area contributed by atoms with Crippen LogP contribution in [0, 0.1) is 5.92 Å². The molecule has 16 heavy (non-hydrogen) atoms. The molecular formula is C14H19ClO. The van der Waals surface area contributed by atoms with Crippen molar-refractivity contribution in [1.29, 1.82) is 0 Å². The number of carbonyl (C=O) groups is 1. The number of hydrogen-bond donors (Lipinski definition) is 0. The number of hydrogen-bond acceptors (Lipinski definition) is 1. The topological polar surface area (TPSA) is 17.1 Å². The van der Waals surface area contributed by atoms with Gasteiger partial charge in [-0.2, -0.15) is 0 Å². The van der Waals surface area contributed by atoms with Gasteiger partial charge in [0.05, 0.1) is 0 Å². The fraction of sp³-hybridized carbons (Fsp3) is 0.500. The van der Waals surface area contributed by atoms with Gasteiger partial charge in [-0.15, -0.1) is 0 Å². The van der Waals surface area contributed by atoms with E-state index in [0.29, 0.717) is 24.5 Å². The number of benzene rings is 1. The van der Waals surface area contributed by atoms with Gasteiger partial charge in [0, 0.05) is 17.9 Å². The highest BCUT2D eigenvalue weighted by molar-refractivity contribution is 6.30. The molecule has 2 heteroatoms. The summed E-state index contributed by atoms with van der Waals surface area (Å²) in [5.74, 6) is 0.871. The maximum Gasteiger partial charge on any atom is 0.137 e. The highest BCUT2D eigenvalue weighted by Gasteiger charge is 2.10. The second-order valence-corrected chi connectivity index (χ2v) is 4.66. The van der Waals surface area contributed by atoms with E-state index in [9.17, 15) is 4.79 Å². The molecule has 0 aromatic heterocycles. The summed E-state index contributed by atoms with van der Waals surface area (Å²) in [6, 6.07) is 7.52. The number of halogens is 1. The Morgan fingerprint density at radius 1 is 1.19 bits per heavy atom. The number of rotatable bonds is 6. The Morgan fingerprint density at radius 3 is 2.25 bits per heavy atom. The van der Waals surface area contributed by atoms with Gasteiger partial charge in [0.15, 0.2) is 0 Å². The number of Topliss-reactive ketones (excluding diaryl/α,β-unsaturated/α-hetero) is 1. The second kappa shape index (κ2) is 6.70. The largest absolute Gasteiger partial charge is 0.299 e. The first-order chi connectivity index (χ1) is 7.65. The second-order valence-electron chi connectivity index (χ2n) is 4.23. The molecule has 0 radical (unpaired) electrons. The lowest BCUT2D eigenvalue weighted by Crippen LogP contribution is -2.09. The van der Waals surface area contributed by atoms with Crippen LogP contribution in [0.2, 0.25) is 5.02 Å². The summed E-state index contributed by atoms with van der Waals surface area (Å²) in [5.41, 5.74) is 1.06. The number of carbonyl (C=O) groups excluding carboxylic acids is 1. The molecule has 0 aliphatic heterocycles. The van der Waals surface area contributed by atoms with Gasteiger partial charge in [-0.25, -0.2) is 0 Å². The Morgan fingerprint density at radius 2 is 1.75 bits per heavy atom. The molecule has 0 aliphatic rings. The SMILES string of the molecule is CCC(CC)CC(=O)Cc1ccc(Cl)cc1. The van der Waals surface area contributed by atoms with Crippen molar-refractivity contribution in [3.63, 3.8) is 0 Å². The first-order valence-corrected chi connectivity index (χ1v) is 6.29. The van der Waals surface area contributed by atoms with Crippen LogP contribution in [0.3, 0.4) is 0 Å². The van der Waals surface area contributed by atoms with E-state index in [1.54, 1.807) is 0 Å². The van der Waals surface area contributed by atoms with Crippen LogP contribution in [0.1, 0.15) is 38.7 Å². The van der Waals surface area contributed by atoms with Gasteiger partial charge in [0.1, 0.15) is 5.78 Å². The van der Waals surface area contributed by atoms with Crippen molar-refractivity contribution in [2.24, 2.45) is 5.92 Å². The van der Waals surface area contributed by atoms with Crippen LogP contribution < -0.4 is 0 Å². The molecule has 1 rings (SSSR count). The van der Waals surface area contributed by atoms with E-state index < -0.39 is 0 Å². The van der Waals surface area contributed by atoms with Crippen LogP contribution in [0.5, 0.6) is 0 Å². The molecule has 0 heterocycles. The maximum atomic E-state index is 11.8. The van der Waals surface area contributed by atoms with Crippen molar-refractivity contribution in [1.82, 2.24) is 0 Å². The molecule has 0 unspecified atom stereocenters. The summed E-state index contributed by atoms with van der Waals surface area (Å²) in [4.78, 5) is 11.8. The van der Waals surface area contributed by atoms with Gasteiger partial charge in [-0.05, 0) is 23.6 Å². The molecule has 1 aromatic rings. The summed E-state index contributed by atoms with van der Waals surface area (Å²) < 4.78 is 0. The lowest BCUT2D eigenvalue weighted by atomic mass is 9.94. The molecule has 0 N–H and O–H groups in total. The van der Waals surface area contributed by atoms with Gasteiger partial charge in [-0.1, -0.05) is 50.4 Å². The minimum atomic E-state index is 0.330. The zero-order chi connectivity index (χ0) is 12.0. The predicted octanol–water partition coefficient (Wildman–Crippen LogP) is 4.28. The Balaban J connectivity index is 2.48. The van der Waals surface area contributed by atoms with Crippen LogP contribution in [0.15, 0.2) is 24.3 Å². The minimum absolute atomic E-state index is 0.330. The molecular weight excluding hydrogens is 220 g/mol. The molecule has 0 saturated heterocycles. The smallest absolute Gasteiger partial charge is 0.137 e. The summed E-state index contributed by atoms with van der Waals surface area (Å²) >= 11 is 5.79. The van der Waals surface area contributed by atoms with Crippen molar-refractivity contribution >= 4 is 17.4 Å². The average molecular weight is 239 g/mol. The van der Waals surface area contributed by atoms with E-state index in [1.807, 2.05) is 24.3 Å². The zero-order valence-corrected chi connectivity index (χ0v) is 10.8. The van der Waals surface area contributed by atoms with E-state index in [0.717, 1.165) is 23.4 Å². The molecule has 1 aromatic carbocycles. The molecule has 0 bridgehead atoms. The van der Waals surface area contributed by atoms with Crippen LogP contribution in [0.25, 0.3) is 0 Å². The van der Waals surface area contributed by atoms with Gasteiger partial charge in [0.25, 0.3) is 0 Å². The maximum absolute atomic E-state index is 11.8.